The van der Waals surface area contributed by atoms with Crippen LogP contribution >= 0.6 is 23.2 Å². The molecule has 1 fully saturated rings. The Hall–Kier alpha value is -1.89. The van der Waals surface area contributed by atoms with Crippen molar-refractivity contribution < 1.29 is 9.47 Å². The van der Waals surface area contributed by atoms with Crippen LogP contribution < -0.4 is 4.74 Å². The first-order valence-electron chi connectivity index (χ1n) is 8.42. The number of hydrogen-bond acceptors (Lipinski definition) is 5. The van der Waals surface area contributed by atoms with Crippen LogP contribution in [0.3, 0.4) is 0 Å². The van der Waals surface area contributed by atoms with Crippen LogP contribution in [0.4, 0.5) is 0 Å². The third-order valence-corrected chi connectivity index (χ3v) is 5.16. The zero-order valence-electron chi connectivity index (χ0n) is 14.5. The van der Waals surface area contributed by atoms with E-state index in [0.717, 1.165) is 29.9 Å². The molecule has 0 radical (unpaired) electrons. The fraction of sp³-hybridized carbons (Fsp3) is 0.389. The zero-order valence-corrected chi connectivity index (χ0v) is 16.0. The Bertz CT molecular complexity index is 967. The lowest BCUT2D eigenvalue weighted by atomic mass is 10.1. The SMILES string of the molecule is COc1ccc(-c2nc3c(Cl)nc(C)nc3n2C2CCOCC2)c(Cl)c1. The number of imidazole rings is 1. The number of fused-ring (bicyclic) bond motifs is 1. The molecule has 26 heavy (non-hydrogen) atoms. The second kappa shape index (κ2) is 7.02. The molecule has 0 saturated carbocycles. The van der Waals surface area contributed by atoms with E-state index in [1.165, 1.54) is 0 Å². The van der Waals surface area contributed by atoms with Gasteiger partial charge in [-0.2, -0.15) is 0 Å². The largest absolute Gasteiger partial charge is 0.497 e. The monoisotopic (exact) mass is 392 g/mol. The Morgan fingerprint density at radius 1 is 1.15 bits per heavy atom. The van der Waals surface area contributed by atoms with E-state index in [-0.39, 0.29) is 6.04 Å². The van der Waals surface area contributed by atoms with E-state index in [4.69, 9.17) is 37.7 Å². The molecule has 1 aliphatic heterocycles. The Labute approximate surface area is 161 Å². The summed E-state index contributed by atoms with van der Waals surface area (Å²) in [5.74, 6) is 2.05. The molecule has 1 aromatic carbocycles. The number of aromatic nitrogens is 4. The van der Waals surface area contributed by atoms with Crippen molar-refractivity contribution in [3.05, 3.63) is 34.2 Å². The molecule has 3 aromatic rings. The summed E-state index contributed by atoms with van der Waals surface area (Å²) < 4.78 is 12.9. The predicted molar refractivity (Wildman–Crippen MR) is 101 cm³/mol. The molecular weight excluding hydrogens is 375 g/mol. The Morgan fingerprint density at radius 2 is 1.92 bits per heavy atom. The van der Waals surface area contributed by atoms with Gasteiger partial charge in [0.15, 0.2) is 10.8 Å². The van der Waals surface area contributed by atoms with Crippen molar-refractivity contribution in [1.29, 1.82) is 0 Å². The smallest absolute Gasteiger partial charge is 0.165 e. The minimum atomic E-state index is 0.215. The summed E-state index contributed by atoms with van der Waals surface area (Å²) in [5.41, 5.74) is 2.13. The van der Waals surface area contributed by atoms with Crippen LogP contribution in [-0.4, -0.2) is 39.8 Å². The maximum atomic E-state index is 6.53. The van der Waals surface area contributed by atoms with E-state index in [1.807, 2.05) is 19.1 Å². The quantitative estimate of drug-likeness (QED) is 0.615. The highest BCUT2D eigenvalue weighted by Crippen LogP contribution is 2.37. The molecular formula is C18H18Cl2N4O2. The maximum Gasteiger partial charge on any atom is 0.165 e. The van der Waals surface area contributed by atoms with Crippen LogP contribution in [0.25, 0.3) is 22.6 Å². The van der Waals surface area contributed by atoms with Crippen molar-refractivity contribution in [2.75, 3.05) is 20.3 Å². The number of methoxy groups -OCH3 is 1. The molecule has 1 saturated heterocycles. The molecule has 136 valence electrons. The molecule has 8 heteroatoms. The number of hydrogen-bond donors (Lipinski definition) is 0. The number of ether oxygens (including phenoxy) is 2. The van der Waals surface area contributed by atoms with E-state index >= 15 is 0 Å². The van der Waals surface area contributed by atoms with Crippen molar-refractivity contribution in [2.24, 2.45) is 0 Å². The molecule has 0 amide bonds. The lowest BCUT2D eigenvalue weighted by Crippen LogP contribution is -2.20. The first-order valence-corrected chi connectivity index (χ1v) is 9.18. The number of benzene rings is 1. The maximum absolute atomic E-state index is 6.53. The molecule has 0 unspecified atom stereocenters. The van der Waals surface area contributed by atoms with Gasteiger partial charge in [-0.3, -0.25) is 0 Å². The molecule has 2 aromatic heterocycles. The molecule has 1 aliphatic rings. The summed E-state index contributed by atoms with van der Waals surface area (Å²) in [4.78, 5) is 13.6. The van der Waals surface area contributed by atoms with Gasteiger partial charge in [-0.25, -0.2) is 15.0 Å². The predicted octanol–water partition coefficient (Wildman–Crippen LogP) is 4.47. The van der Waals surface area contributed by atoms with Gasteiger partial charge in [0.1, 0.15) is 22.9 Å². The standard InChI is InChI=1S/C18H18Cl2N4O2/c1-10-21-16(20)15-18(22-10)24(11-5-7-26-8-6-11)17(23-15)13-4-3-12(25-2)9-14(13)19/h3-4,9,11H,5-8H2,1-2H3. The fourth-order valence-corrected chi connectivity index (χ4v) is 3.83. The van der Waals surface area contributed by atoms with E-state index < -0.39 is 0 Å². The number of halogens is 2. The van der Waals surface area contributed by atoms with Crippen molar-refractivity contribution in [3.63, 3.8) is 0 Å². The molecule has 0 aliphatic carbocycles. The molecule has 3 heterocycles. The first kappa shape index (κ1) is 17.5. The third-order valence-electron chi connectivity index (χ3n) is 4.58. The first-order chi connectivity index (χ1) is 12.6. The lowest BCUT2D eigenvalue weighted by molar-refractivity contribution is 0.0708. The fourth-order valence-electron chi connectivity index (χ4n) is 3.33. The van der Waals surface area contributed by atoms with Crippen LogP contribution in [-0.2, 0) is 4.74 Å². The van der Waals surface area contributed by atoms with Crippen LogP contribution in [0.1, 0.15) is 24.7 Å². The topological polar surface area (TPSA) is 62.1 Å². The summed E-state index contributed by atoms with van der Waals surface area (Å²) in [6.07, 6.45) is 1.76. The van der Waals surface area contributed by atoms with Crippen molar-refractivity contribution in [2.45, 2.75) is 25.8 Å². The average molecular weight is 393 g/mol. The van der Waals surface area contributed by atoms with Gasteiger partial charge in [0.05, 0.1) is 12.1 Å². The van der Waals surface area contributed by atoms with Gasteiger partial charge in [-0.05, 0) is 38.0 Å². The van der Waals surface area contributed by atoms with E-state index in [9.17, 15) is 0 Å². The van der Waals surface area contributed by atoms with Gasteiger partial charge < -0.3 is 14.0 Å². The Kier molecular flexibility index (Phi) is 4.73. The van der Waals surface area contributed by atoms with Gasteiger partial charge in [0, 0.05) is 24.8 Å². The minimum Gasteiger partial charge on any atom is -0.497 e. The highest BCUT2D eigenvalue weighted by atomic mass is 35.5. The van der Waals surface area contributed by atoms with E-state index in [2.05, 4.69) is 14.5 Å². The summed E-state index contributed by atoms with van der Waals surface area (Å²) in [7, 11) is 1.61. The van der Waals surface area contributed by atoms with Crippen molar-refractivity contribution in [1.82, 2.24) is 19.5 Å². The number of aryl methyl sites for hydroxylation is 1. The summed E-state index contributed by atoms with van der Waals surface area (Å²) >= 11 is 12.9. The number of nitrogens with zero attached hydrogens (tertiary/aromatic N) is 4. The highest BCUT2D eigenvalue weighted by molar-refractivity contribution is 6.34. The molecule has 6 nitrogen and oxygen atoms in total. The lowest BCUT2D eigenvalue weighted by Gasteiger charge is -2.25. The summed E-state index contributed by atoms with van der Waals surface area (Å²) in [6, 6.07) is 5.77. The third kappa shape index (κ3) is 3.02. The molecule has 0 bridgehead atoms. The van der Waals surface area contributed by atoms with Gasteiger partial charge in [-0.1, -0.05) is 23.2 Å². The molecule has 0 spiro atoms. The normalized spacial score (nSPS) is 15.5. The summed E-state index contributed by atoms with van der Waals surface area (Å²) in [5, 5.41) is 0.915. The van der Waals surface area contributed by atoms with Crippen LogP contribution in [0, 0.1) is 6.92 Å². The second-order valence-corrected chi connectivity index (χ2v) is 6.99. The van der Waals surface area contributed by atoms with Crippen molar-refractivity contribution >= 4 is 34.4 Å². The van der Waals surface area contributed by atoms with Gasteiger partial charge in [0.25, 0.3) is 0 Å². The summed E-state index contributed by atoms with van der Waals surface area (Å²) in [6.45, 7) is 3.24. The van der Waals surface area contributed by atoms with Crippen LogP contribution in [0.2, 0.25) is 10.2 Å². The Morgan fingerprint density at radius 3 is 2.62 bits per heavy atom. The second-order valence-electron chi connectivity index (χ2n) is 6.23. The zero-order chi connectivity index (χ0) is 18.3. The van der Waals surface area contributed by atoms with Gasteiger partial charge in [0.2, 0.25) is 0 Å². The Balaban J connectivity index is 1.97. The minimum absolute atomic E-state index is 0.215. The highest BCUT2D eigenvalue weighted by Gasteiger charge is 2.26. The van der Waals surface area contributed by atoms with Crippen LogP contribution in [0.5, 0.6) is 5.75 Å². The van der Waals surface area contributed by atoms with Gasteiger partial charge in [-0.15, -0.1) is 0 Å². The molecule has 0 atom stereocenters. The molecule has 0 N–H and O–H groups in total. The van der Waals surface area contributed by atoms with Gasteiger partial charge >= 0.3 is 0 Å². The van der Waals surface area contributed by atoms with Crippen molar-refractivity contribution in [3.8, 4) is 17.1 Å². The molecule has 4 rings (SSSR count). The van der Waals surface area contributed by atoms with E-state index in [0.29, 0.717) is 40.5 Å². The van der Waals surface area contributed by atoms with Crippen LogP contribution in [0.15, 0.2) is 18.2 Å². The number of rotatable bonds is 3. The van der Waals surface area contributed by atoms with E-state index in [1.54, 1.807) is 13.2 Å². The average Bonchev–Trinajstić information content (AvgIpc) is 3.01.